The summed E-state index contributed by atoms with van der Waals surface area (Å²) in [5.74, 6) is 0.144. The molecule has 1 aromatic carbocycles. The van der Waals surface area contributed by atoms with Crippen molar-refractivity contribution in [3.05, 3.63) is 29.3 Å². The van der Waals surface area contributed by atoms with Gasteiger partial charge < -0.3 is 10.2 Å². The molecule has 1 N–H and O–H groups in total. The molecule has 0 aliphatic carbocycles. The number of carbonyl (C=O) groups is 1. The summed E-state index contributed by atoms with van der Waals surface area (Å²) in [5, 5.41) is 2.95. The third-order valence-corrected chi connectivity index (χ3v) is 3.59. The molecule has 0 radical (unpaired) electrons. The number of piperazine rings is 1. The first-order valence-corrected chi connectivity index (χ1v) is 5.87. The summed E-state index contributed by atoms with van der Waals surface area (Å²) >= 11 is 0. The Bertz CT molecular complexity index is 442. The molecule has 1 unspecified atom stereocenters. The van der Waals surface area contributed by atoms with Gasteiger partial charge in [0.15, 0.2) is 0 Å². The third-order valence-electron chi connectivity index (χ3n) is 3.59. The van der Waals surface area contributed by atoms with E-state index in [0.29, 0.717) is 12.6 Å². The van der Waals surface area contributed by atoms with E-state index in [1.165, 1.54) is 16.8 Å². The second-order valence-corrected chi connectivity index (χ2v) is 4.76. The van der Waals surface area contributed by atoms with Gasteiger partial charge in [0.25, 0.3) is 0 Å². The maximum atomic E-state index is 11.5. The van der Waals surface area contributed by atoms with Crippen molar-refractivity contribution >= 4 is 11.6 Å². The van der Waals surface area contributed by atoms with Crippen LogP contribution >= 0.6 is 0 Å². The van der Waals surface area contributed by atoms with Crippen LogP contribution in [0.4, 0.5) is 5.69 Å². The van der Waals surface area contributed by atoms with Gasteiger partial charge in [-0.15, -0.1) is 0 Å². The Labute approximate surface area is 95.4 Å². The minimum absolute atomic E-state index is 0.144. The van der Waals surface area contributed by atoms with E-state index in [4.69, 9.17) is 0 Å². The Morgan fingerprint density at radius 2 is 2.31 bits per heavy atom. The fourth-order valence-corrected chi connectivity index (χ4v) is 2.70. The first-order valence-electron chi connectivity index (χ1n) is 5.87. The number of rotatable bonds is 0. The van der Waals surface area contributed by atoms with E-state index in [9.17, 15) is 4.79 Å². The lowest BCUT2D eigenvalue weighted by molar-refractivity contribution is -0.120. The molecule has 1 saturated heterocycles. The molecule has 2 aliphatic heterocycles. The van der Waals surface area contributed by atoms with Crippen molar-refractivity contribution in [3.8, 4) is 0 Å². The number of amides is 1. The monoisotopic (exact) mass is 216 g/mol. The molecule has 2 aliphatic rings. The number of carbonyl (C=O) groups excluding carboxylic acids is 1. The molecule has 2 heterocycles. The van der Waals surface area contributed by atoms with Gasteiger partial charge in [-0.2, -0.15) is 0 Å². The summed E-state index contributed by atoms with van der Waals surface area (Å²) in [6.07, 6.45) is 2.28. The smallest absolute Gasteiger partial charge is 0.239 e. The van der Waals surface area contributed by atoms with Crippen molar-refractivity contribution < 1.29 is 4.79 Å². The molecule has 0 saturated carbocycles. The van der Waals surface area contributed by atoms with Crippen LogP contribution in [-0.2, 0) is 11.2 Å². The quantitative estimate of drug-likeness (QED) is 0.708. The van der Waals surface area contributed by atoms with E-state index in [0.717, 1.165) is 19.4 Å². The molecule has 0 bridgehead atoms. The lowest BCUT2D eigenvalue weighted by Gasteiger charge is -2.41. The van der Waals surface area contributed by atoms with E-state index in [-0.39, 0.29) is 5.91 Å². The van der Waals surface area contributed by atoms with Crippen LogP contribution in [0.2, 0.25) is 0 Å². The molecule has 0 aromatic heterocycles. The largest absolute Gasteiger partial charge is 0.357 e. The van der Waals surface area contributed by atoms with E-state index < -0.39 is 0 Å². The summed E-state index contributed by atoms with van der Waals surface area (Å²) in [5.41, 5.74) is 3.92. The van der Waals surface area contributed by atoms with E-state index in [2.05, 4.69) is 35.3 Å². The van der Waals surface area contributed by atoms with Gasteiger partial charge in [-0.05, 0) is 37.0 Å². The molecular formula is C13H16N2O. The minimum atomic E-state index is 0.144. The molecule has 84 valence electrons. The zero-order valence-electron chi connectivity index (χ0n) is 9.49. The number of nitrogens with zero attached hydrogens (tertiary/aromatic N) is 1. The second-order valence-electron chi connectivity index (χ2n) is 4.76. The van der Waals surface area contributed by atoms with Crippen LogP contribution in [0.1, 0.15) is 17.5 Å². The molecule has 1 aromatic rings. The predicted molar refractivity (Wildman–Crippen MR) is 63.6 cm³/mol. The zero-order valence-corrected chi connectivity index (χ0v) is 9.49. The summed E-state index contributed by atoms with van der Waals surface area (Å²) in [4.78, 5) is 13.7. The SMILES string of the molecule is Cc1ccc2c(c1)N1CC(=O)NCC1CC2. The lowest BCUT2D eigenvalue weighted by Crippen LogP contribution is -2.56. The Morgan fingerprint density at radius 1 is 1.44 bits per heavy atom. The van der Waals surface area contributed by atoms with Crippen LogP contribution in [0.25, 0.3) is 0 Å². The number of benzene rings is 1. The fraction of sp³-hybridized carbons (Fsp3) is 0.462. The molecule has 1 atom stereocenters. The average molecular weight is 216 g/mol. The van der Waals surface area contributed by atoms with Crippen LogP contribution in [0.3, 0.4) is 0 Å². The highest BCUT2D eigenvalue weighted by atomic mass is 16.2. The van der Waals surface area contributed by atoms with Gasteiger partial charge in [-0.1, -0.05) is 12.1 Å². The topological polar surface area (TPSA) is 32.3 Å². The Hall–Kier alpha value is -1.51. The van der Waals surface area contributed by atoms with Crippen LogP contribution in [0, 0.1) is 6.92 Å². The predicted octanol–water partition coefficient (Wildman–Crippen LogP) is 1.25. The Balaban J connectivity index is 2.02. The van der Waals surface area contributed by atoms with Crippen molar-refractivity contribution in [1.29, 1.82) is 0 Å². The molecule has 16 heavy (non-hydrogen) atoms. The van der Waals surface area contributed by atoms with Crippen LogP contribution < -0.4 is 10.2 Å². The van der Waals surface area contributed by atoms with Crippen LogP contribution in [0.5, 0.6) is 0 Å². The van der Waals surface area contributed by atoms with Gasteiger partial charge in [0.05, 0.1) is 6.54 Å². The molecule has 3 heteroatoms. The molecule has 1 amide bonds. The van der Waals surface area contributed by atoms with Crippen molar-refractivity contribution in [2.75, 3.05) is 18.0 Å². The lowest BCUT2D eigenvalue weighted by atomic mass is 9.93. The van der Waals surface area contributed by atoms with Gasteiger partial charge in [-0.25, -0.2) is 0 Å². The highest BCUT2D eigenvalue weighted by Crippen LogP contribution is 2.32. The number of hydrogen-bond donors (Lipinski definition) is 1. The van der Waals surface area contributed by atoms with Crippen molar-refractivity contribution in [3.63, 3.8) is 0 Å². The summed E-state index contributed by atoms with van der Waals surface area (Å²) in [6, 6.07) is 7.06. The third kappa shape index (κ3) is 1.47. The van der Waals surface area contributed by atoms with Gasteiger partial charge in [0.1, 0.15) is 0 Å². The standard InChI is InChI=1S/C13H16N2O/c1-9-2-3-10-4-5-11-7-14-13(16)8-15(11)12(10)6-9/h2-3,6,11H,4-5,7-8H2,1H3,(H,14,16). The van der Waals surface area contributed by atoms with E-state index in [1.807, 2.05) is 0 Å². The normalized spacial score (nSPS) is 23.4. The number of fused-ring (bicyclic) bond motifs is 3. The van der Waals surface area contributed by atoms with E-state index >= 15 is 0 Å². The first kappa shape index (κ1) is 9.70. The maximum absolute atomic E-state index is 11.5. The first-order chi connectivity index (χ1) is 7.74. The van der Waals surface area contributed by atoms with Crippen LogP contribution in [-0.4, -0.2) is 25.0 Å². The van der Waals surface area contributed by atoms with Crippen molar-refractivity contribution in [1.82, 2.24) is 5.32 Å². The molecule has 1 fully saturated rings. The minimum Gasteiger partial charge on any atom is -0.357 e. The highest BCUT2D eigenvalue weighted by Gasteiger charge is 2.31. The molecule has 3 rings (SSSR count). The Kier molecular flexibility index (Phi) is 2.13. The van der Waals surface area contributed by atoms with Crippen molar-refractivity contribution in [2.24, 2.45) is 0 Å². The molecule has 3 nitrogen and oxygen atoms in total. The van der Waals surface area contributed by atoms with E-state index in [1.54, 1.807) is 0 Å². The zero-order chi connectivity index (χ0) is 11.1. The number of aryl methyl sites for hydroxylation is 2. The second kappa shape index (κ2) is 3.51. The van der Waals surface area contributed by atoms with Gasteiger partial charge in [0, 0.05) is 18.3 Å². The summed E-state index contributed by atoms with van der Waals surface area (Å²) in [7, 11) is 0. The van der Waals surface area contributed by atoms with Gasteiger partial charge in [-0.3, -0.25) is 4.79 Å². The summed E-state index contributed by atoms with van der Waals surface area (Å²) < 4.78 is 0. The average Bonchev–Trinajstić information content (AvgIpc) is 2.29. The van der Waals surface area contributed by atoms with Crippen LogP contribution in [0.15, 0.2) is 18.2 Å². The van der Waals surface area contributed by atoms with Gasteiger partial charge in [0.2, 0.25) is 5.91 Å². The Morgan fingerprint density at radius 3 is 3.19 bits per heavy atom. The summed E-state index contributed by atoms with van der Waals surface area (Å²) in [6.45, 7) is 3.42. The maximum Gasteiger partial charge on any atom is 0.239 e. The molecular weight excluding hydrogens is 200 g/mol. The number of anilines is 1. The number of nitrogens with one attached hydrogen (secondary N) is 1. The van der Waals surface area contributed by atoms with Crippen molar-refractivity contribution in [2.45, 2.75) is 25.8 Å². The van der Waals surface area contributed by atoms with Gasteiger partial charge >= 0.3 is 0 Å². The number of hydrogen-bond acceptors (Lipinski definition) is 2. The molecule has 0 spiro atoms. The fourth-order valence-electron chi connectivity index (χ4n) is 2.70. The highest BCUT2D eigenvalue weighted by molar-refractivity contribution is 5.83.